The van der Waals surface area contributed by atoms with Gasteiger partial charge in [0, 0.05) is 23.6 Å². The Kier molecular flexibility index (Phi) is 3.31. The van der Waals surface area contributed by atoms with Crippen molar-refractivity contribution in [1.82, 2.24) is 15.2 Å². The minimum absolute atomic E-state index is 0.0850. The minimum Gasteiger partial charge on any atom is -0.305 e. The molecule has 2 N–H and O–H groups in total. The molecule has 5 heteroatoms. The number of nitriles is 1. The maximum atomic E-state index is 11.8. The molecule has 104 valence electrons. The number of aryl methyl sites for hydroxylation is 1. The van der Waals surface area contributed by atoms with Crippen LogP contribution in [0.1, 0.15) is 49.3 Å². The lowest BCUT2D eigenvalue weighted by Crippen LogP contribution is -2.16. The third kappa shape index (κ3) is 2.22. The van der Waals surface area contributed by atoms with Crippen LogP contribution in [-0.4, -0.2) is 15.2 Å². The summed E-state index contributed by atoms with van der Waals surface area (Å²) >= 11 is 0. The molecular weight excluding hydrogens is 252 g/mol. The van der Waals surface area contributed by atoms with Crippen LogP contribution in [0.3, 0.4) is 0 Å². The van der Waals surface area contributed by atoms with Crippen molar-refractivity contribution < 1.29 is 0 Å². The van der Waals surface area contributed by atoms with E-state index in [1.807, 2.05) is 6.92 Å². The smallest absolute Gasteiger partial charge is 0.249 e. The van der Waals surface area contributed by atoms with Gasteiger partial charge in [0.2, 0.25) is 5.56 Å². The molecule has 2 heterocycles. The van der Waals surface area contributed by atoms with Crippen molar-refractivity contribution in [2.75, 3.05) is 0 Å². The third-order valence-corrected chi connectivity index (χ3v) is 4.43. The van der Waals surface area contributed by atoms with Gasteiger partial charge in [-0.15, -0.1) is 0 Å². The average molecular weight is 270 g/mol. The second-order valence-electron chi connectivity index (χ2n) is 5.74. The molecule has 0 amide bonds. The molecule has 0 aromatic carbocycles. The molecule has 20 heavy (non-hydrogen) atoms. The highest BCUT2D eigenvalue weighted by Gasteiger charge is 2.25. The van der Waals surface area contributed by atoms with Gasteiger partial charge in [0.1, 0.15) is 0 Å². The fourth-order valence-electron chi connectivity index (χ4n) is 3.37. The number of H-pyrrole nitrogens is 2. The second-order valence-corrected chi connectivity index (χ2v) is 5.74. The summed E-state index contributed by atoms with van der Waals surface area (Å²) in [6.07, 6.45) is 4.90. The maximum Gasteiger partial charge on any atom is 0.249 e. The highest BCUT2D eigenvalue weighted by Crippen LogP contribution is 2.39. The quantitative estimate of drug-likeness (QED) is 0.879. The summed E-state index contributed by atoms with van der Waals surface area (Å²) in [5.74, 6) is 0.935. The first-order valence-electron chi connectivity index (χ1n) is 7.14. The van der Waals surface area contributed by atoms with E-state index in [0.717, 1.165) is 42.3 Å². The zero-order valence-corrected chi connectivity index (χ0v) is 11.6. The molecule has 0 bridgehead atoms. The first kappa shape index (κ1) is 12.9. The van der Waals surface area contributed by atoms with E-state index in [1.165, 1.54) is 0 Å². The molecule has 0 saturated heterocycles. The normalized spacial score (nSPS) is 22.8. The molecule has 3 rings (SSSR count). The summed E-state index contributed by atoms with van der Waals surface area (Å²) in [5.41, 5.74) is 2.69. The molecule has 1 fully saturated rings. The van der Waals surface area contributed by atoms with Gasteiger partial charge < -0.3 is 4.98 Å². The van der Waals surface area contributed by atoms with Crippen LogP contribution in [0, 0.1) is 24.2 Å². The molecule has 0 atom stereocenters. The van der Waals surface area contributed by atoms with E-state index < -0.39 is 0 Å². The predicted octanol–water partition coefficient (Wildman–Crippen LogP) is 2.75. The van der Waals surface area contributed by atoms with Crippen molar-refractivity contribution in [3.05, 3.63) is 27.7 Å². The summed E-state index contributed by atoms with van der Waals surface area (Å²) in [7, 11) is 0. The summed E-state index contributed by atoms with van der Waals surface area (Å²) in [4.78, 5) is 14.5. The van der Waals surface area contributed by atoms with E-state index in [2.05, 4.69) is 21.3 Å². The van der Waals surface area contributed by atoms with Gasteiger partial charge in [-0.3, -0.25) is 9.89 Å². The van der Waals surface area contributed by atoms with Crippen molar-refractivity contribution in [1.29, 1.82) is 5.26 Å². The standard InChI is InChI=1S/C15H18N4O/c1-9-14-12(8-13(20)17-15(14)19-18-9)11-4-2-10(3-5-11)6-7-16/h8,10-11H,2-6H2,1H3,(H2,17,18,19,20). The Morgan fingerprint density at radius 3 is 2.85 bits per heavy atom. The van der Waals surface area contributed by atoms with E-state index in [9.17, 15) is 4.79 Å². The number of nitrogens with one attached hydrogen (secondary N) is 2. The summed E-state index contributed by atoms with van der Waals surface area (Å²) in [5, 5.41) is 16.9. The second kappa shape index (κ2) is 5.12. The van der Waals surface area contributed by atoms with Crippen molar-refractivity contribution in [3.8, 4) is 6.07 Å². The largest absolute Gasteiger partial charge is 0.305 e. The molecule has 0 spiro atoms. The Bertz CT molecular complexity index is 714. The van der Waals surface area contributed by atoms with E-state index in [0.29, 0.717) is 23.9 Å². The molecule has 1 aliphatic rings. The van der Waals surface area contributed by atoms with E-state index >= 15 is 0 Å². The van der Waals surface area contributed by atoms with Gasteiger partial charge in [-0.1, -0.05) is 0 Å². The number of rotatable bonds is 2. The zero-order valence-electron chi connectivity index (χ0n) is 11.6. The molecule has 2 aromatic heterocycles. The number of aromatic amines is 2. The molecule has 1 aliphatic carbocycles. The minimum atomic E-state index is -0.0850. The van der Waals surface area contributed by atoms with Gasteiger partial charge in [0.05, 0.1) is 6.07 Å². The van der Waals surface area contributed by atoms with Crippen molar-refractivity contribution in [2.24, 2.45) is 5.92 Å². The number of aromatic nitrogens is 3. The van der Waals surface area contributed by atoms with Crippen LogP contribution < -0.4 is 5.56 Å². The Morgan fingerprint density at radius 1 is 1.40 bits per heavy atom. The Labute approximate surface area is 117 Å². The first-order chi connectivity index (χ1) is 9.69. The number of nitrogens with zero attached hydrogens (tertiary/aromatic N) is 2. The monoisotopic (exact) mass is 270 g/mol. The lowest BCUT2D eigenvalue weighted by atomic mass is 9.77. The molecule has 0 radical (unpaired) electrons. The molecule has 1 saturated carbocycles. The number of fused-ring (bicyclic) bond motifs is 1. The van der Waals surface area contributed by atoms with Crippen molar-refractivity contribution in [2.45, 2.75) is 44.9 Å². The number of hydrogen-bond donors (Lipinski definition) is 2. The topological polar surface area (TPSA) is 85.3 Å². The van der Waals surface area contributed by atoms with Gasteiger partial charge in [-0.05, 0) is 50.0 Å². The molecule has 2 aromatic rings. The predicted molar refractivity (Wildman–Crippen MR) is 76.4 cm³/mol. The fraction of sp³-hybridized carbons (Fsp3) is 0.533. The van der Waals surface area contributed by atoms with E-state index in [1.54, 1.807) is 6.07 Å². The SMILES string of the molecule is Cc1[nH]nc2[nH]c(=O)cc(C3CCC(CC#N)CC3)c12. The molecule has 0 unspecified atom stereocenters. The van der Waals surface area contributed by atoms with Crippen LogP contribution in [0.2, 0.25) is 0 Å². The van der Waals surface area contributed by atoms with Crippen molar-refractivity contribution in [3.63, 3.8) is 0 Å². The van der Waals surface area contributed by atoms with E-state index in [-0.39, 0.29) is 5.56 Å². The Balaban J connectivity index is 1.93. The lowest BCUT2D eigenvalue weighted by molar-refractivity contribution is 0.331. The first-order valence-corrected chi connectivity index (χ1v) is 7.14. The van der Waals surface area contributed by atoms with E-state index in [4.69, 9.17) is 5.26 Å². The number of pyridine rings is 1. The van der Waals surface area contributed by atoms with Crippen LogP contribution in [0.25, 0.3) is 11.0 Å². The summed E-state index contributed by atoms with van der Waals surface area (Å²) < 4.78 is 0. The van der Waals surface area contributed by atoms with Crippen molar-refractivity contribution >= 4 is 11.0 Å². The Hall–Kier alpha value is -2.09. The molecule has 0 aliphatic heterocycles. The summed E-state index contributed by atoms with van der Waals surface area (Å²) in [6.45, 7) is 1.98. The van der Waals surface area contributed by atoms with Gasteiger partial charge in [0.15, 0.2) is 5.65 Å². The third-order valence-electron chi connectivity index (χ3n) is 4.43. The molecule has 5 nitrogen and oxygen atoms in total. The average Bonchev–Trinajstić information content (AvgIpc) is 2.81. The Morgan fingerprint density at radius 2 is 2.15 bits per heavy atom. The fourth-order valence-corrected chi connectivity index (χ4v) is 3.37. The van der Waals surface area contributed by atoms with Crippen LogP contribution in [0.15, 0.2) is 10.9 Å². The van der Waals surface area contributed by atoms with Crippen LogP contribution in [0.4, 0.5) is 0 Å². The lowest BCUT2D eigenvalue weighted by Gasteiger charge is -2.27. The highest BCUT2D eigenvalue weighted by molar-refractivity contribution is 5.81. The highest BCUT2D eigenvalue weighted by atomic mass is 16.1. The van der Waals surface area contributed by atoms with Gasteiger partial charge in [-0.2, -0.15) is 10.4 Å². The summed E-state index contributed by atoms with van der Waals surface area (Å²) in [6, 6.07) is 3.99. The van der Waals surface area contributed by atoms with Crippen LogP contribution >= 0.6 is 0 Å². The number of hydrogen-bond acceptors (Lipinski definition) is 3. The van der Waals surface area contributed by atoms with Crippen LogP contribution in [-0.2, 0) is 0 Å². The van der Waals surface area contributed by atoms with Gasteiger partial charge >= 0.3 is 0 Å². The van der Waals surface area contributed by atoms with Crippen LogP contribution in [0.5, 0.6) is 0 Å². The van der Waals surface area contributed by atoms with Gasteiger partial charge in [0.25, 0.3) is 0 Å². The van der Waals surface area contributed by atoms with Gasteiger partial charge in [-0.25, -0.2) is 0 Å². The molecular formula is C15H18N4O. The maximum absolute atomic E-state index is 11.8. The zero-order chi connectivity index (χ0) is 14.1.